The minimum atomic E-state index is 0.441. The van der Waals surface area contributed by atoms with Gasteiger partial charge in [0.05, 0.1) is 0 Å². The first-order valence-corrected chi connectivity index (χ1v) is 5.13. The largest absolute Gasteiger partial charge is 0.264 e. The van der Waals surface area contributed by atoms with Crippen molar-refractivity contribution >= 4 is 0 Å². The third-order valence-electron chi connectivity index (χ3n) is 4.58. The maximum atomic E-state index is 4.23. The molecule has 2 atom stereocenters. The van der Waals surface area contributed by atoms with Crippen molar-refractivity contribution < 1.29 is 0 Å². The van der Waals surface area contributed by atoms with Crippen molar-refractivity contribution in [1.29, 1.82) is 0 Å². The van der Waals surface area contributed by atoms with E-state index in [0.29, 0.717) is 10.8 Å². The van der Waals surface area contributed by atoms with Crippen LogP contribution in [0.5, 0.6) is 0 Å². The topological polar surface area (TPSA) is 12.9 Å². The summed E-state index contributed by atoms with van der Waals surface area (Å²) in [5.74, 6) is 0. The zero-order valence-electron chi connectivity index (χ0n) is 8.30. The number of hydrogen-bond donors (Lipinski definition) is 0. The molecule has 0 spiro atoms. The molecule has 0 aromatic carbocycles. The quantitative estimate of drug-likeness (QED) is 0.588. The van der Waals surface area contributed by atoms with E-state index in [4.69, 9.17) is 0 Å². The van der Waals surface area contributed by atoms with Crippen molar-refractivity contribution in [2.24, 2.45) is 0 Å². The van der Waals surface area contributed by atoms with Crippen molar-refractivity contribution in [1.82, 2.24) is 4.98 Å². The Morgan fingerprint density at radius 1 is 1.15 bits per heavy atom. The van der Waals surface area contributed by atoms with Gasteiger partial charge >= 0.3 is 0 Å². The first-order valence-electron chi connectivity index (χ1n) is 5.13. The molecule has 1 aromatic heterocycles. The number of nitrogens with zero attached hydrogens (tertiary/aromatic N) is 1. The average Bonchev–Trinajstić information content (AvgIpc) is 2.41. The minimum absolute atomic E-state index is 0.441. The van der Waals surface area contributed by atoms with Crippen molar-refractivity contribution in [2.75, 3.05) is 0 Å². The summed E-state index contributed by atoms with van der Waals surface area (Å²) in [4.78, 5) is 4.23. The molecule has 1 heterocycles. The van der Waals surface area contributed by atoms with E-state index < -0.39 is 0 Å². The second-order valence-electron chi connectivity index (χ2n) is 4.94. The van der Waals surface area contributed by atoms with Crippen LogP contribution >= 0.6 is 0 Å². The first-order chi connectivity index (χ1) is 6.18. The van der Waals surface area contributed by atoms with E-state index in [0.717, 1.165) is 0 Å². The molecule has 68 valence electrons. The van der Waals surface area contributed by atoms with E-state index in [9.17, 15) is 0 Å². The first kappa shape index (κ1) is 7.54. The molecular weight excluding hydrogens is 158 g/mol. The standard InChI is InChI=1S/C12H15N/c1-11-5-3-6-12(11,2)10-8-13-7-4-9(10)11/h4,7-8H,3,5-6H2,1-2H3. The summed E-state index contributed by atoms with van der Waals surface area (Å²) in [6, 6.07) is 2.21. The number of fused-ring (bicyclic) bond motifs is 4. The van der Waals surface area contributed by atoms with E-state index in [1.54, 1.807) is 5.56 Å². The van der Waals surface area contributed by atoms with Crippen molar-refractivity contribution in [3.8, 4) is 0 Å². The van der Waals surface area contributed by atoms with Crippen LogP contribution < -0.4 is 0 Å². The van der Waals surface area contributed by atoms with Gasteiger partial charge in [-0.2, -0.15) is 0 Å². The monoisotopic (exact) mass is 173 g/mol. The lowest BCUT2D eigenvalue weighted by Gasteiger charge is -2.53. The lowest BCUT2D eigenvalue weighted by Crippen LogP contribution is -2.50. The molecule has 1 nitrogen and oxygen atoms in total. The van der Waals surface area contributed by atoms with Crippen molar-refractivity contribution in [2.45, 2.75) is 43.9 Å². The van der Waals surface area contributed by atoms with Crippen LogP contribution in [-0.4, -0.2) is 4.98 Å². The lowest BCUT2D eigenvalue weighted by molar-refractivity contribution is 0.241. The minimum Gasteiger partial charge on any atom is -0.264 e. The summed E-state index contributed by atoms with van der Waals surface area (Å²) in [6.45, 7) is 4.83. The molecule has 0 aliphatic heterocycles. The second kappa shape index (κ2) is 1.97. The fraction of sp³-hybridized carbons (Fsp3) is 0.583. The molecule has 0 amide bonds. The molecule has 2 unspecified atom stereocenters. The highest BCUT2D eigenvalue weighted by atomic mass is 14.7. The Bertz CT molecular complexity index is 336. The van der Waals surface area contributed by atoms with Gasteiger partial charge in [0.2, 0.25) is 0 Å². The summed E-state index contributed by atoms with van der Waals surface area (Å²) in [6.07, 6.45) is 8.09. The predicted octanol–water partition coefficient (Wildman–Crippen LogP) is 2.79. The molecule has 0 saturated heterocycles. The summed E-state index contributed by atoms with van der Waals surface area (Å²) in [7, 11) is 0. The Morgan fingerprint density at radius 3 is 2.62 bits per heavy atom. The summed E-state index contributed by atoms with van der Waals surface area (Å²) < 4.78 is 0. The van der Waals surface area contributed by atoms with Crippen LogP contribution in [0.3, 0.4) is 0 Å². The molecule has 1 aromatic rings. The molecule has 2 aliphatic rings. The Labute approximate surface area is 79.2 Å². The van der Waals surface area contributed by atoms with Crippen LogP contribution in [0, 0.1) is 0 Å². The molecule has 13 heavy (non-hydrogen) atoms. The van der Waals surface area contributed by atoms with Gasteiger partial charge in [-0.15, -0.1) is 0 Å². The molecule has 0 bridgehead atoms. The summed E-state index contributed by atoms with van der Waals surface area (Å²) >= 11 is 0. The smallest absolute Gasteiger partial charge is 0.0308 e. The molecule has 1 saturated carbocycles. The number of hydrogen-bond acceptors (Lipinski definition) is 1. The number of pyridine rings is 1. The number of aromatic nitrogens is 1. The third kappa shape index (κ3) is 0.609. The average molecular weight is 173 g/mol. The molecular formula is C12H15N. The SMILES string of the molecule is CC12CCCC1(C)c1cnccc12. The maximum absolute atomic E-state index is 4.23. The third-order valence-corrected chi connectivity index (χ3v) is 4.58. The van der Waals surface area contributed by atoms with E-state index in [-0.39, 0.29) is 0 Å². The molecule has 1 heteroatoms. The van der Waals surface area contributed by atoms with Crippen LogP contribution in [0.15, 0.2) is 18.5 Å². The van der Waals surface area contributed by atoms with Gasteiger partial charge in [0.15, 0.2) is 0 Å². The zero-order valence-corrected chi connectivity index (χ0v) is 8.30. The van der Waals surface area contributed by atoms with Gasteiger partial charge in [-0.05, 0) is 30.0 Å². The van der Waals surface area contributed by atoms with Crippen LogP contribution in [-0.2, 0) is 10.8 Å². The van der Waals surface area contributed by atoms with Gasteiger partial charge in [0.25, 0.3) is 0 Å². The highest BCUT2D eigenvalue weighted by Crippen LogP contribution is 2.64. The second-order valence-corrected chi connectivity index (χ2v) is 4.94. The Balaban J connectivity index is 2.26. The van der Waals surface area contributed by atoms with Crippen LogP contribution in [0.1, 0.15) is 44.2 Å². The zero-order chi connectivity index (χ0) is 9.10. The maximum Gasteiger partial charge on any atom is 0.0308 e. The Hall–Kier alpha value is -0.850. The van der Waals surface area contributed by atoms with E-state index in [1.807, 2.05) is 6.20 Å². The highest BCUT2D eigenvalue weighted by Gasteiger charge is 2.59. The van der Waals surface area contributed by atoms with E-state index in [1.165, 1.54) is 24.8 Å². The van der Waals surface area contributed by atoms with E-state index >= 15 is 0 Å². The molecule has 0 N–H and O–H groups in total. The Morgan fingerprint density at radius 2 is 1.85 bits per heavy atom. The molecule has 0 radical (unpaired) electrons. The molecule has 2 aliphatic carbocycles. The van der Waals surface area contributed by atoms with Crippen LogP contribution in [0.2, 0.25) is 0 Å². The lowest BCUT2D eigenvalue weighted by atomic mass is 9.50. The van der Waals surface area contributed by atoms with Crippen LogP contribution in [0.4, 0.5) is 0 Å². The van der Waals surface area contributed by atoms with Crippen LogP contribution in [0.25, 0.3) is 0 Å². The Kier molecular flexibility index (Phi) is 1.14. The highest BCUT2D eigenvalue weighted by molar-refractivity contribution is 5.53. The normalized spacial score (nSPS) is 40.8. The fourth-order valence-corrected chi connectivity index (χ4v) is 3.46. The van der Waals surface area contributed by atoms with E-state index in [2.05, 4.69) is 31.1 Å². The summed E-state index contributed by atoms with van der Waals surface area (Å²) in [5, 5.41) is 0. The van der Waals surface area contributed by atoms with Crippen molar-refractivity contribution in [3.63, 3.8) is 0 Å². The predicted molar refractivity (Wildman–Crippen MR) is 52.8 cm³/mol. The number of rotatable bonds is 0. The summed E-state index contributed by atoms with van der Waals surface area (Å²) in [5.41, 5.74) is 3.97. The molecule has 1 fully saturated rings. The molecule has 3 rings (SSSR count). The van der Waals surface area contributed by atoms with Gasteiger partial charge in [-0.3, -0.25) is 4.98 Å². The van der Waals surface area contributed by atoms with Gasteiger partial charge in [0.1, 0.15) is 0 Å². The van der Waals surface area contributed by atoms with Gasteiger partial charge in [-0.1, -0.05) is 20.3 Å². The van der Waals surface area contributed by atoms with Crippen molar-refractivity contribution in [3.05, 3.63) is 29.6 Å². The van der Waals surface area contributed by atoms with Gasteiger partial charge in [-0.25, -0.2) is 0 Å². The fourth-order valence-electron chi connectivity index (χ4n) is 3.46. The van der Waals surface area contributed by atoms with Gasteiger partial charge < -0.3 is 0 Å². The van der Waals surface area contributed by atoms with Gasteiger partial charge in [0, 0.05) is 23.2 Å².